The number of nitrogens with zero attached hydrogens (tertiary/aromatic N) is 3. The zero-order valence-corrected chi connectivity index (χ0v) is 48.0. The number of carbonyl (C=O) groups is 7. The van der Waals surface area contributed by atoms with E-state index in [1.807, 2.05) is 152 Å². The lowest BCUT2D eigenvalue weighted by atomic mass is 9.76. The minimum Gasteiger partial charge on any atom is -0.347 e. The van der Waals surface area contributed by atoms with Crippen molar-refractivity contribution in [2.24, 2.45) is 22.7 Å². The van der Waals surface area contributed by atoms with E-state index in [-0.39, 0.29) is 91.7 Å². The van der Waals surface area contributed by atoms with Crippen molar-refractivity contribution in [2.45, 2.75) is 176 Å². The number of Topliss-reactive ketones (excluding diaryl/α,β-unsaturated/α-hetero) is 1. The predicted octanol–water partition coefficient (Wildman–Crippen LogP) is 8.82. The van der Waals surface area contributed by atoms with Crippen LogP contribution in [-0.2, 0) is 54.7 Å². The molecular weight excluding hydrogens is 979 g/mol. The summed E-state index contributed by atoms with van der Waals surface area (Å²) in [5.41, 5.74) is 5.01. The number of nitrogens with one attached hydrogen (secondary N) is 4. The van der Waals surface area contributed by atoms with Crippen LogP contribution in [0.4, 0.5) is 0 Å². The third kappa shape index (κ3) is 13.8. The summed E-state index contributed by atoms with van der Waals surface area (Å²) in [6.45, 7) is 19.7. The van der Waals surface area contributed by atoms with E-state index in [9.17, 15) is 24.0 Å². The van der Waals surface area contributed by atoms with E-state index in [0.717, 1.165) is 47.1 Å². The molecule has 2 aliphatic heterocycles. The Morgan fingerprint density at radius 2 is 1.35 bits per heavy atom. The molecule has 0 bridgehead atoms. The van der Waals surface area contributed by atoms with E-state index in [0.29, 0.717) is 24.8 Å². The standard InChI is InChI=1S/C64H85N7O7/c1-12-40(3)57(73)68-56(64(8,9)10)62(78)70-38-47-26-18-17-25-46(47)34-54(70)61(77)69(52(13-2)44-23-15-14-16-24-44)37-42-30-32-45(33-31-42)58(74)66-48-35-53(59(75)67-51-29-21-27-43-22-19-20-28-49(43)51)71(39-48)60(76)50(63(5,6)7)36-55(72)41(4)65-11/h14-20,22-26,28,30-33,40-41,48,50-54,56,65H,12-13,21,27,29,34-39H2,1-11H3,(H,66,74)(H,67,75)(H,68,73)/t40-,41+,48?,50-,51?,52?,53+,54+,56-/m1/s1. The van der Waals surface area contributed by atoms with Crippen LogP contribution in [-0.4, -0.2) is 99.7 Å². The van der Waals surface area contributed by atoms with Crippen molar-refractivity contribution in [3.05, 3.63) is 142 Å². The molecule has 0 saturated carbocycles. The van der Waals surface area contributed by atoms with E-state index in [1.165, 1.54) is 5.56 Å². The maximum Gasteiger partial charge on any atom is 0.251 e. The Morgan fingerprint density at radius 3 is 1.97 bits per heavy atom. The molecule has 78 heavy (non-hydrogen) atoms. The second kappa shape index (κ2) is 25.4. The topological polar surface area (TPSA) is 177 Å². The number of aryl methyl sites for hydroxylation is 1. The van der Waals surface area contributed by atoms with Gasteiger partial charge in [0.15, 0.2) is 0 Å². The van der Waals surface area contributed by atoms with Crippen LogP contribution in [0, 0.1) is 22.7 Å². The molecule has 14 nitrogen and oxygen atoms in total. The van der Waals surface area contributed by atoms with Crippen molar-refractivity contribution in [1.82, 2.24) is 36.0 Å². The van der Waals surface area contributed by atoms with Crippen LogP contribution in [0.15, 0.2) is 103 Å². The van der Waals surface area contributed by atoms with Crippen LogP contribution < -0.4 is 21.3 Å². The minimum atomic E-state index is -0.887. The van der Waals surface area contributed by atoms with Gasteiger partial charge in [-0.2, -0.15) is 0 Å². The summed E-state index contributed by atoms with van der Waals surface area (Å²) >= 11 is 0. The summed E-state index contributed by atoms with van der Waals surface area (Å²) in [7, 11) is 1.71. The number of hydrogen-bond acceptors (Lipinski definition) is 8. The average molecular weight is 1060 g/mol. The average Bonchev–Trinajstić information content (AvgIpc) is 3.86. The van der Waals surface area contributed by atoms with Crippen molar-refractivity contribution in [1.29, 1.82) is 0 Å². The molecule has 418 valence electrons. The third-order valence-corrected chi connectivity index (χ3v) is 16.6. The molecule has 1 aliphatic carbocycles. The highest BCUT2D eigenvalue weighted by Gasteiger charge is 2.47. The molecule has 2 heterocycles. The summed E-state index contributed by atoms with van der Waals surface area (Å²) in [6.07, 6.45) is 4.30. The maximum atomic E-state index is 15.6. The molecule has 0 radical (unpaired) electrons. The Morgan fingerprint density at radius 1 is 0.705 bits per heavy atom. The fraction of sp³-hybridized carbons (Fsp3) is 0.516. The van der Waals surface area contributed by atoms with Crippen molar-refractivity contribution in [3.8, 4) is 0 Å². The van der Waals surface area contributed by atoms with E-state index in [4.69, 9.17) is 0 Å². The number of amides is 6. The molecule has 7 rings (SSSR count). The van der Waals surface area contributed by atoms with E-state index in [2.05, 4.69) is 27.3 Å². The number of carbonyl (C=O) groups excluding carboxylic acids is 7. The van der Waals surface area contributed by atoms with Gasteiger partial charge >= 0.3 is 0 Å². The van der Waals surface area contributed by atoms with Gasteiger partial charge in [0.2, 0.25) is 29.5 Å². The Labute approximate surface area is 463 Å². The first-order chi connectivity index (χ1) is 37.0. The molecule has 3 aliphatic rings. The molecule has 3 unspecified atom stereocenters. The highest BCUT2D eigenvalue weighted by Crippen LogP contribution is 2.37. The lowest BCUT2D eigenvalue weighted by Crippen LogP contribution is -2.61. The van der Waals surface area contributed by atoms with Gasteiger partial charge < -0.3 is 36.0 Å². The van der Waals surface area contributed by atoms with Crippen LogP contribution in [0.25, 0.3) is 0 Å². The highest BCUT2D eigenvalue weighted by atomic mass is 16.2. The summed E-state index contributed by atoms with van der Waals surface area (Å²) in [5.74, 6) is -2.81. The summed E-state index contributed by atoms with van der Waals surface area (Å²) in [5, 5.41) is 12.5. The Hall–Kier alpha value is -6.67. The van der Waals surface area contributed by atoms with Crippen molar-refractivity contribution in [3.63, 3.8) is 0 Å². The molecule has 1 fully saturated rings. The SMILES string of the molecule is CCC(c1ccccc1)N(Cc1ccc(C(=O)NC2C[C@@H](C(=O)NC3CCCc4ccccc43)N(C(=O)[C@@H](CC(=O)[C@H](C)NC)C(C)(C)C)C2)cc1)C(=O)[C@@H]1Cc2ccccc2CN1C(=O)[C@@H](NC(=O)[C@H](C)CC)C(C)(C)C. The van der Waals surface area contributed by atoms with Crippen LogP contribution in [0.2, 0.25) is 0 Å². The van der Waals surface area contributed by atoms with Crippen molar-refractivity contribution in [2.75, 3.05) is 13.6 Å². The second-order valence-corrected chi connectivity index (χ2v) is 24.2. The van der Waals surface area contributed by atoms with Gasteiger partial charge in [0.25, 0.3) is 5.91 Å². The first-order valence-electron chi connectivity index (χ1n) is 28.4. The molecule has 4 aromatic rings. The fourth-order valence-corrected chi connectivity index (χ4v) is 11.4. The normalized spacial score (nSPS) is 20.2. The first kappa shape index (κ1) is 59.0. The minimum absolute atomic E-state index is 0.00273. The molecule has 1 saturated heterocycles. The molecule has 0 aromatic heterocycles. The van der Waals surface area contributed by atoms with Gasteiger partial charge in [0.05, 0.1) is 18.1 Å². The number of rotatable bonds is 19. The third-order valence-electron chi connectivity index (χ3n) is 16.6. The van der Waals surface area contributed by atoms with Crippen LogP contribution >= 0.6 is 0 Å². The quantitative estimate of drug-likeness (QED) is 0.0720. The van der Waals surface area contributed by atoms with E-state index >= 15 is 9.59 Å². The summed E-state index contributed by atoms with van der Waals surface area (Å²) in [4.78, 5) is 106. The Balaban J connectivity index is 1.15. The molecule has 14 heteroatoms. The van der Waals surface area contributed by atoms with Crippen LogP contribution in [0.1, 0.15) is 164 Å². The lowest BCUT2D eigenvalue weighted by Gasteiger charge is -2.44. The lowest BCUT2D eigenvalue weighted by molar-refractivity contribution is -0.152. The van der Waals surface area contributed by atoms with Gasteiger partial charge in [0, 0.05) is 55.9 Å². The second-order valence-electron chi connectivity index (χ2n) is 24.2. The number of ketones is 1. The predicted molar refractivity (Wildman–Crippen MR) is 305 cm³/mol. The number of likely N-dealkylation sites (tertiary alicyclic amines) is 1. The largest absolute Gasteiger partial charge is 0.347 e. The molecule has 9 atom stereocenters. The van der Waals surface area contributed by atoms with Crippen molar-refractivity contribution >= 4 is 41.2 Å². The van der Waals surface area contributed by atoms with Crippen molar-refractivity contribution < 1.29 is 33.6 Å². The van der Waals surface area contributed by atoms with Gasteiger partial charge in [-0.3, -0.25) is 33.6 Å². The maximum absolute atomic E-state index is 15.6. The fourth-order valence-electron chi connectivity index (χ4n) is 11.4. The molecule has 0 spiro atoms. The van der Waals surface area contributed by atoms with E-state index < -0.39 is 47.0 Å². The van der Waals surface area contributed by atoms with Gasteiger partial charge in [-0.15, -0.1) is 0 Å². The van der Waals surface area contributed by atoms with Gasteiger partial charge in [0.1, 0.15) is 23.9 Å². The van der Waals surface area contributed by atoms with E-state index in [1.54, 1.807) is 35.9 Å². The summed E-state index contributed by atoms with van der Waals surface area (Å²) in [6, 6.07) is 28.7. The molecule has 4 aromatic carbocycles. The van der Waals surface area contributed by atoms with Gasteiger partial charge in [-0.05, 0) is 109 Å². The number of hydrogen-bond donors (Lipinski definition) is 4. The number of benzene rings is 4. The molecular formula is C64H85N7O7. The highest BCUT2D eigenvalue weighted by molar-refractivity contribution is 5.96. The molecule has 6 amide bonds. The smallest absolute Gasteiger partial charge is 0.251 e. The van der Waals surface area contributed by atoms with Crippen LogP contribution in [0.3, 0.4) is 0 Å². The zero-order chi connectivity index (χ0) is 56.6. The van der Waals surface area contributed by atoms with Gasteiger partial charge in [-0.25, -0.2) is 0 Å². The Kier molecular flexibility index (Phi) is 19.2. The number of fused-ring (bicyclic) bond motifs is 2. The molecule has 4 N–H and O–H groups in total. The zero-order valence-electron chi connectivity index (χ0n) is 48.0. The monoisotopic (exact) mass is 1060 g/mol. The number of likely N-dealkylation sites (N-methyl/N-ethyl adjacent to an activating group) is 1. The Bertz CT molecular complexity index is 2780. The van der Waals surface area contributed by atoms with Gasteiger partial charge in [-0.1, -0.05) is 153 Å². The first-order valence-corrected chi connectivity index (χ1v) is 28.4. The van der Waals surface area contributed by atoms with Crippen LogP contribution in [0.5, 0.6) is 0 Å². The summed E-state index contributed by atoms with van der Waals surface area (Å²) < 4.78 is 0.